The fraction of sp³-hybridized carbons (Fsp3) is 0.308. The molecular weight excluding hydrogens is 276 g/mol. The van der Waals surface area contributed by atoms with E-state index >= 15 is 0 Å². The summed E-state index contributed by atoms with van der Waals surface area (Å²) in [4.78, 5) is 35.0. The van der Waals surface area contributed by atoms with Crippen LogP contribution in [-0.4, -0.2) is 29.3 Å². The molecule has 0 bridgehead atoms. The minimum atomic E-state index is -0.645. The predicted octanol–water partition coefficient (Wildman–Crippen LogP) is 0.708. The first-order chi connectivity index (χ1) is 9.97. The molecule has 0 radical (unpaired) electrons. The fourth-order valence-corrected chi connectivity index (χ4v) is 2.30. The van der Waals surface area contributed by atoms with Gasteiger partial charge in [0, 0.05) is 11.8 Å². The van der Waals surface area contributed by atoms with E-state index in [0.717, 1.165) is 0 Å². The number of carbonyl (C=O) groups excluding carboxylic acids is 2. The van der Waals surface area contributed by atoms with Crippen molar-refractivity contribution in [1.82, 2.24) is 5.32 Å². The first-order valence-corrected chi connectivity index (χ1v) is 6.26. The molecule has 1 atom stereocenters. The second kappa shape index (κ2) is 5.58. The molecule has 8 nitrogen and oxygen atoms in total. The summed E-state index contributed by atoms with van der Waals surface area (Å²) in [6.07, 6.45) is 0.470. The van der Waals surface area contributed by atoms with Crippen molar-refractivity contribution in [3.8, 4) is 6.07 Å². The van der Waals surface area contributed by atoms with E-state index in [1.54, 1.807) is 17.9 Å². The Hall–Kier alpha value is -2.95. The Balaban J connectivity index is 2.45. The maximum absolute atomic E-state index is 11.8. The van der Waals surface area contributed by atoms with Crippen LogP contribution in [-0.2, 0) is 9.59 Å². The number of nitrogens with one attached hydrogen (secondary N) is 1. The molecule has 8 heteroatoms. The van der Waals surface area contributed by atoms with Gasteiger partial charge in [0.1, 0.15) is 17.7 Å². The molecule has 0 saturated carbocycles. The number of nitro benzene ring substituents is 1. The highest BCUT2D eigenvalue weighted by atomic mass is 16.6. The molecular formula is C13H12N4O4. The van der Waals surface area contributed by atoms with Gasteiger partial charge in [0.2, 0.25) is 11.8 Å². The molecule has 108 valence electrons. The van der Waals surface area contributed by atoms with Gasteiger partial charge < -0.3 is 4.90 Å². The van der Waals surface area contributed by atoms with E-state index in [4.69, 9.17) is 5.26 Å². The Morgan fingerprint density at radius 2 is 2.24 bits per heavy atom. The summed E-state index contributed by atoms with van der Waals surface area (Å²) in [6.45, 7) is 1.76. The average molecular weight is 288 g/mol. The Kier molecular flexibility index (Phi) is 3.84. The maximum atomic E-state index is 11.8. The Labute approximate surface area is 120 Å². The number of amides is 2. The van der Waals surface area contributed by atoms with E-state index in [1.807, 2.05) is 0 Å². The number of benzene rings is 1. The van der Waals surface area contributed by atoms with Crippen LogP contribution in [0.15, 0.2) is 18.2 Å². The number of piperazine rings is 1. The minimum absolute atomic E-state index is 0.0348. The number of rotatable bonds is 3. The second-order valence-corrected chi connectivity index (χ2v) is 4.53. The van der Waals surface area contributed by atoms with Gasteiger partial charge in [-0.3, -0.25) is 25.0 Å². The lowest BCUT2D eigenvalue weighted by molar-refractivity contribution is -0.385. The summed E-state index contributed by atoms with van der Waals surface area (Å²) in [5.41, 5.74) is 0.0278. The van der Waals surface area contributed by atoms with Crippen LogP contribution in [0.5, 0.6) is 0 Å². The van der Waals surface area contributed by atoms with E-state index in [9.17, 15) is 19.7 Å². The van der Waals surface area contributed by atoms with Crippen LogP contribution in [0.25, 0.3) is 0 Å². The van der Waals surface area contributed by atoms with Gasteiger partial charge in [-0.1, -0.05) is 6.92 Å². The molecule has 1 unspecified atom stereocenters. The van der Waals surface area contributed by atoms with Gasteiger partial charge >= 0.3 is 0 Å². The quantitative estimate of drug-likeness (QED) is 0.497. The largest absolute Gasteiger partial charge is 0.350 e. The van der Waals surface area contributed by atoms with E-state index in [0.29, 0.717) is 12.1 Å². The third kappa shape index (κ3) is 2.67. The van der Waals surface area contributed by atoms with Crippen LogP contribution < -0.4 is 10.2 Å². The Morgan fingerprint density at radius 3 is 2.81 bits per heavy atom. The van der Waals surface area contributed by atoms with Crippen molar-refractivity contribution in [3.05, 3.63) is 33.9 Å². The molecule has 1 aromatic carbocycles. The minimum Gasteiger partial charge on any atom is -0.350 e. The number of nitriles is 1. The van der Waals surface area contributed by atoms with Gasteiger partial charge in [-0.15, -0.1) is 0 Å². The molecule has 21 heavy (non-hydrogen) atoms. The average Bonchev–Trinajstić information content (AvgIpc) is 2.45. The highest BCUT2D eigenvalue weighted by Gasteiger charge is 2.33. The van der Waals surface area contributed by atoms with Crippen LogP contribution in [0.4, 0.5) is 11.4 Å². The van der Waals surface area contributed by atoms with Gasteiger partial charge in [-0.05, 0) is 18.6 Å². The van der Waals surface area contributed by atoms with Crippen molar-refractivity contribution < 1.29 is 14.5 Å². The van der Waals surface area contributed by atoms with Crippen LogP contribution in [0.1, 0.15) is 18.9 Å². The molecule has 1 N–H and O–H groups in total. The summed E-state index contributed by atoms with van der Waals surface area (Å²) < 4.78 is 0. The van der Waals surface area contributed by atoms with Crippen LogP contribution in [0.3, 0.4) is 0 Å². The van der Waals surface area contributed by atoms with Gasteiger partial charge in [0.25, 0.3) is 5.69 Å². The number of carbonyl (C=O) groups is 2. The molecule has 2 amide bonds. The molecule has 1 heterocycles. The van der Waals surface area contributed by atoms with E-state index in [2.05, 4.69) is 5.32 Å². The molecule has 0 aromatic heterocycles. The predicted molar refractivity (Wildman–Crippen MR) is 72.4 cm³/mol. The van der Waals surface area contributed by atoms with Crippen molar-refractivity contribution in [2.45, 2.75) is 19.4 Å². The number of imide groups is 1. The van der Waals surface area contributed by atoms with Gasteiger partial charge in [0.05, 0.1) is 11.5 Å². The number of hydrogen-bond donors (Lipinski definition) is 1. The van der Waals surface area contributed by atoms with Gasteiger partial charge in [0.15, 0.2) is 0 Å². The van der Waals surface area contributed by atoms with Crippen molar-refractivity contribution in [2.24, 2.45) is 0 Å². The Bertz CT molecular complexity index is 665. The molecule has 0 aliphatic carbocycles. The zero-order valence-electron chi connectivity index (χ0n) is 11.2. The molecule has 2 rings (SSSR count). The molecule has 1 fully saturated rings. The monoisotopic (exact) mass is 288 g/mol. The summed E-state index contributed by atoms with van der Waals surface area (Å²) in [6, 6.07) is 5.18. The lowest BCUT2D eigenvalue weighted by atomic mass is 10.1. The molecule has 0 spiro atoms. The number of nitrogens with zero attached hydrogens (tertiary/aromatic N) is 3. The SMILES string of the molecule is CCC1C(=O)NC(=O)CN1c1ccc([N+](=O)[O-])c(C#N)c1. The second-order valence-electron chi connectivity index (χ2n) is 4.53. The summed E-state index contributed by atoms with van der Waals surface area (Å²) in [5, 5.41) is 22.1. The van der Waals surface area contributed by atoms with E-state index in [-0.39, 0.29) is 17.8 Å². The maximum Gasteiger partial charge on any atom is 0.287 e. The third-order valence-corrected chi connectivity index (χ3v) is 3.27. The molecule has 1 aliphatic rings. The highest BCUT2D eigenvalue weighted by molar-refractivity contribution is 6.04. The van der Waals surface area contributed by atoms with Crippen LogP contribution in [0, 0.1) is 21.4 Å². The first kappa shape index (κ1) is 14.5. The standard InChI is InChI=1S/C13H12N4O4/c1-2-10-13(19)15-12(18)7-16(10)9-3-4-11(17(20)21)8(5-9)6-14/h3-5,10H,2,7H2,1H3,(H,15,18,19). The summed E-state index contributed by atoms with van der Waals surface area (Å²) >= 11 is 0. The van der Waals surface area contributed by atoms with Gasteiger partial charge in [-0.2, -0.15) is 5.26 Å². The normalized spacial score (nSPS) is 18.1. The van der Waals surface area contributed by atoms with E-state index in [1.165, 1.54) is 18.2 Å². The zero-order valence-corrected chi connectivity index (χ0v) is 11.2. The van der Waals surface area contributed by atoms with E-state index < -0.39 is 22.8 Å². The van der Waals surface area contributed by atoms with Gasteiger partial charge in [-0.25, -0.2) is 0 Å². The van der Waals surface area contributed by atoms with Crippen molar-refractivity contribution in [2.75, 3.05) is 11.4 Å². The number of nitro groups is 1. The first-order valence-electron chi connectivity index (χ1n) is 6.26. The highest BCUT2D eigenvalue weighted by Crippen LogP contribution is 2.27. The molecule has 1 aromatic rings. The molecule has 1 saturated heterocycles. The number of anilines is 1. The smallest absolute Gasteiger partial charge is 0.287 e. The van der Waals surface area contributed by atoms with Crippen molar-refractivity contribution in [1.29, 1.82) is 5.26 Å². The lowest BCUT2D eigenvalue weighted by Crippen LogP contribution is -2.58. The third-order valence-electron chi connectivity index (χ3n) is 3.27. The van der Waals surface area contributed by atoms with Crippen molar-refractivity contribution >= 4 is 23.2 Å². The lowest BCUT2D eigenvalue weighted by Gasteiger charge is -2.35. The fourth-order valence-electron chi connectivity index (χ4n) is 2.30. The van der Waals surface area contributed by atoms with Crippen LogP contribution in [0.2, 0.25) is 0 Å². The topological polar surface area (TPSA) is 116 Å². The Morgan fingerprint density at radius 1 is 1.52 bits per heavy atom. The zero-order chi connectivity index (χ0) is 15.6. The van der Waals surface area contributed by atoms with Crippen molar-refractivity contribution in [3.63, 3.8) is 0 Å². The summed E-state index contributed by atoms with van der Waals surface area (Å²) in [7, 11) is 0. The summed E-state index contributed by atoms with van der Waals surface area (Å²) in [5.74, 6) is -0.854. The number of hydrogen-bond acceptors (Lipinski definition) is 6. The molecule has 1 aliphatic heterocycles. The van der Waals surface area contributed by atoms with Crippen LogP contribution >= 0.6 is 0 Å².